The van der Waals surface area contributed by atoms with Gasteiger partial charge in [0.1, 0.15) is 6.07 Å². The van der Waals surface area contributed by atoms with Gasteiger partial charge in [0, 0.05) is 10.8 Å². The second kappa shape index (κ2) is 8.41. The number of alkyl halides is 6. The molecule has 0 aliphatic heterocycles. The van der Waals surface area contributed by atoms with Gasteiger partial charge in [0.15, 0.2) is 0 Å². The minimum Gasteiger partial charge on any atom is -0.308 e. The molecule has 0 saturated heterocycles. The van der Waals surface area contributed by atoms with Crippen molar-refractivity contribution >= 4 is 21.8 Å². The lowest BCUT2D eigenvalue weighted by molar-refractivity contribution is -0.143. The summed E-state index contributed by atoms with van der Waals surface area (Å²) >= 11 is 0. The zero-order valence-corrected chi connectivity index (χ0v) is 19.6. The van der Waals surface area contributed by atoms with Crippen molar-refractivity contribution in [3.05, 3.63) is 101 Å². The molecule has 0 radical (unpaired) electrons. The molecular formula is C29H18F6N2. The Kier molecular flexibility index (Phi) is 5.56. The SMILES string of the molecule is Cc1ccc2c(c1)c1cc(C)ccc1n2-c1cc(-c2cc(C(F)(F)F)cc(C(F)(F)F)c2)ccc1C#N. The highest BCUT2D eigenvalue weighted by atomic mass is 19.4. The smallest absolute Gasteiger partial charge is 0.308 e. The number of aryl methyl sites for hydroxylation is 2. The Hall–Kier alpha value is -4.25. The Morgan fingerprint density at radius 2 is 1.14 bits per heavy atom. The molecule has 0 aliphatic rings. The van der Waals surface area contributed by atoms with Crippen molar-refractivity contribution in [3.8, 4) is 22.9 Å². The summed E-state index contributed by atoms with van der Waals surface area (Å²) in [5, 5.41) is 11.7. The van der Waals surface area contributed by atoms with Gasteiger partial charge >= 0.3 is 12.4 Å². The van der Waals surface area contributed by atoms with Crippen LogP contribution < -0.4 is 0 Å². The second-order valence-electron chi connectivity index (χ2n) is 9.01. The Labute approximate surface area is 208 Å². The fraction of sp³-hybridized carbons (Fsp3) is 0.138. The van der Waals surface area contributed by atoms with Crippen LogP contribution in [-0.4, -0.2) is 4.57 Å². The zero-order chi connectivity index (χ0) is 26.7. The molecule has 1 heterocycles. The standard InChI is InChI=1S/C29H18F6N2/c1-16-3-7-25-23(9-16)24-10-17(2)4-8-26(24)37(25)27-13-18(5-6-19(27)15-36)20-11-21(28(30,31)32)14-22(12-20)29(33,34)35/h3-14H,1-2H3. The molecule has 37 heavy (non-hydrogen) atoms. The molecule has 0 aliphatic carbocycles. The number of halogens is 6. The van der Waals surface area contributed by atoms with Gasteiger partial charge < -0.3 is 4.57 Å². The van der Waals surface area contributed by atoms with Gasteiger partial charge in [0.25, 0.3) is 0 Å². The molecule has 5 rings (SSSR count). The molecule has 0 atom stereocenters. The van der Waals surface area contributed by atoms with Crippen molar-refractivity contribution in [2.75, 3.05) is 0 Å². The van der Waals surface area contributed by atoms with Crippen molar-refractivity contribution in [2.45, 2.75) is 26.2 Å². The largest absolute Gasteiger partial charge is 0.416 e. The average Bonchev–Trinajstić information content (AvgIpc) is 3.14. The summed E-state index contributed by atoms with van der Waals surface area (Å²) in [6.45, 7) is 3.90. The maximum absolute atomic E-state index is 13.5. The first-order chi connectivity index (χ1) is 17.4. The number of aromatic nitrogens is 1. The van der Waals surface area contributed by atoms with Crippen LogP contribution >= 0.6 is 0 Å². The quantitative estimate of drug-likeness (QED) is 0.219. The van der Waals surface area contributed by atoms with E-state index < -0.39 is 23.5 Å². The number of nitrogens with zero attached hydrogens (tertiary/aromatic N) is 2. The summed E-state index contributed by atoms with van der Waals surface area (Å²) in [4.78, 5) is 0. The Balaban J connectivity index is 1.83. The number of hydrogen-bond donors (Lipinski definition) is 0. The van der Waals surface area contributed by atoms with E-state index in [2.05, 4.69) is 6.07 Å². The molecule has 4 aromatic carbocycles. The van der Waals surface area contributed by atoms with Crippen LogP contribution in [0.25, 0.3) is 38.6 Å². The lowest BCUT2D eigenvalue weighted by atomic mass is 9.97. The topological polar surface area (TPSA) is 28.7 Å². The van der Waals surface area contributed by atoms with Gasteiger partial charge in [-0.3, -0.25) is 0 Å². The highest BCUT2D eigenvalue weighted by Gasteiger charge is 2.37. The van der Waals surface area contributed by atoms with Crippen LogP contribution in [0.2, 0.25) is 0 Å². The summed E-state index contributed by atoms with van der Waals surface area (Å²) in [6.07, 6.45) is -9.93. The maximum Gasteiger partial charge on any atom is 0.416 e. The molecule has 0 unspecified atom stereocenters. The second-order valence-corrected chi connectivity index (χ2v) is 9.01. The van der Waals surface area contributed by atoms with Gasteiger partial charge in [0.05, 0.1) is 33.4 Å². The van der Waals surface area contributed by atoms with Crippen molar-refractivity contribution in [1.29, 1.82) is 5.26 Å². The van der Waals surface area contributed by atoms with E-state index in [0.29, 0.717) is 17.8 Å². The first kappa shape index (κ1) is 24.4. The van der Waals surface area contributed by atoms with Crippen LogP contribution in [0.3, 0.4) is 0 Å². The number of rotatable bonds is 2. The molecule has 0 amide bonds. The highest BCUT2D eigenvalue weighted by Crippen LogP contribution is 2.40. The Morgan fingerprint density at radius 3 is 1.59 bits per heavy atom. The Morgan fingerprint density at radius 1 is 0.622 bits per heavy atom. The summed E-state index contributed by atoms with van der Waals surface area (Å²) in [5.41, 5.74) is 1.24. The molecular weight excluding hydrogens is 490 g/mol. The first-order valence-corrected chi connectivity index (χ1v) is 11.2. The van der Waals surface area contributed by atoms with Gasteiger partial charge in [-0.15, -0.1) is 0 Å². The van der Waals surface area contributed by atoms with E-state index in [4.69, 9.17) is 0 Å². The molecule has 5 aromatic rings. The highest BCUT2D eigenvalue weighted by molar-refractivity contribution is 6.10. The summed E-state index contributed by atoms with van der Waals surface area (Å²) < 4.78 is 82.7. The van der Waals surface area contributed by atoms with Crippen molar-refractivity contribution in [3.63, 3.8) is 0 Å². The lowest BCUT2D eigenvalue weighted by Crippen LogP contribution is -2.11. The lowest BCUT2D eigenvalue weighted by Gasteiger charge is -2.16. The summed E-state index contributed by atoms with van der Waals surface area (Å²) in [6, 6.07) is 19.4. The summed E-state index contributed by atoms with van der Waals surface area (Å²) in [5.74, 6) is 0. The van der Waals surface area contributed by atoms with E-state index in [0.717, 1.165) is 32.9 Å². The minimum absolute atomic E-state index is 0.103. The van der Waals surface area contributed by atoms with Crippen LogP contribution in [0.5, 0.6) is 0 Å². The molecule has 8 heteroatoms. The van der Waals surface area contributed by atoms with Gasteiger partial charge in [-0.05, 0) is 79.6 Å². The van der Waals surface area contributed by atoms with Gasteiger partial charge in [-0.25, -0.2) is 0 Å². The molecule has 186 valence electrons. The van der Waals surface area contributed by atoms with Gasteiger partial charge in [-0.1, -0.05) is 29.3 Å². The summed E-state index contributed by atoms with van der Waals surface area (Å²) in [7, 11) is 0. The predicted octanol–water partition coefficient (Wildman–Crippen LogP) is 8.98. The fourth-order valence-electron chi connectivity index (χ4n) is 4.62. The molecule has 2 nitrogen and oxygen atoms in total. The number of nitriles is 1. The van der Waals surface area contributed by atoms with Gasteiger partial charge in [0.2, 0.25) is 0 Å². The molecule has 0 saturated carbocycles. The van der Waals surface area contributed by atoms with Crippen molar-refractivity contribution in [2.24, 2.45) is 0 Å². The van der Waals surface area contributed by atoms with Crippen molar-refractivity contribution in [1.82, 2.24) is 4.57 Å². The molecule has 0 bridgehead atoms. The van der Waals surface area contributed by atoms with E-state index in [9.17, 15) is 31.6 Å². The Bertz CT molecular complexity index is 1640. The zero-order valence-electron chi connectivity index (χ0n) is 19.6. The van der Waals surface area contributed by atoms with E-state index >= 15 is 0 Å². The number of fused-ring (bicyclic) bond motifs is 3. The van der Waals surface area contributed by atoms with E-state index in [-0.39, 0.29) is 22.8 Å². The number of hydrogen-bond acceptors (Lipinski definition) is 1. The van der Waals surface area contributed by atoms with E-state index in [1.807, 2.05) is 54.8 Å². The third kappa shape index (κ3) is 4.31. The molecule has 1 aromatic heterocycles. The van der Waals surface area contributed by atoms with E-state index in [1.165, 1.54) is 18.2 Å². The third-order valence-electron chi connectivity index (χ3n) is 6.36. The van der Waals surface area contributed by atoms with Crippen LogP contribution in [0.15, 0.2) is 72.8 Å². The fourth-order valence-corrected chi connectivity index (χ4v) is 4.62. The predicted molar refractivity (Wildman–Crippen MR) is 130 cm³/mol. The van der Waals surface area contributed by atoms with Crippen molar-refractivity contribution < 1.29 is 26.3 Å². The van der Waals surface area contributed by atoms with Crippen LogP contribution in [0.1, 0.15) is 27.8 Å². The normalized spacial score (nSPS) is 12.3. The first-order valence-electron chi connectivity index (χ1n) is 11.2. The van der Waals surface area contributed by atoms with Gasteiger partial charge in [-0.2, -0.15) is 31.6 Å². The monoisotopic (exact) mass is 508 g/mol. The molecule has 0 fully saturated rings. The van der Waals surface area contributed by atoms with Crippen LogP contribution in [0, 0.1) is 25.2 Å². The maximum atomic E-state index is 13.5. The number of benzene rings is 4. The third-order valence-corrected chi connectivity index (χ3v) is 6.36. The minimum atomic E-state index is -4.96. The molecule has 0 N–H and O–H groups in total. The van der Waals surface area contributed by atoms with Crippen LogP contribution in [-0.2, 0) is 12.4 Å². The van der Waals surface area contributed by atoms with Crippen LogP contribution in [0.4, 0.5) is 26.3 Å². The molecule has 0 spiro atoms. The average molecular weight is 508 g/mol. The van der Waals surface area contributed by atoms with E-state index in [1.54, 1.807) is 0 Å².